The lowest BCUT2D eigenvalue weighted by atomic mass is 9.99. The number of rotatable bonds is 43. The molecule has 12 amide bonds. The van der Waals surface area contributed by atoms with Gasteiger partial charge in [0.05, 0.1) is 19.0 Å². The van der Waals surface area contributed by atoms with Gasteiger partial charge in [-0.1, -0.05) is 83.1 Å². The van der Waals surface area contributed by atoms with Crippen LogP contribution in [0, 0.1) is 35.5 Å². The number of nitrogens with one attached hydrogen (secondary N) is 10. The van der Waals surface area contributed by atoms with E-state index < -0.39 is 162 Å². The van der Waals surface area contributed by atoms with Gasteiger partial charge in [-0.15, -0.1) is 0 Å². The van der Waals surface area contributed by atoms with Crippen LogP contribution >= 0.6 is 0 Å². The fourth-order valence-corrected chi connectivity index (χ4v) is 8.62. The first-order valence-corrected chi connectivity index (χ1v) is 29.7. The lowest BCUT2D eigenvalue weighted by molar-refractivity contribution is -0.143. The lowest BCUT2D eigenvalue weighted by Crippen LogP contribution is -2.61. The third-order valence-electron chi connectivity index (χ3n) is 13.5. The van der Waals surface area contributed by atoms with Crippen molar-refractivity contribution in [2.24, 2.45) is 74.9 Å². The van der Waals surface area contributed by atoms with Crippen LogP contribution < -0.4 is 87.6 Å². The summed E-state index contributed by atoms with van der Waals surface area (Å²) in [5, 5.41) is 35.1. The van der Waals surface area contributed by atoms with Crippen LogP contribution in [-0.2, 0) is 62.3 Å². The van der Waals surface area contributed by atoms with Gasteiger partial charge >= 0.3 is 5.97 Å². The number of aliphatic carboxylic acids is 1. The van der Waals surface area contributed by atoms with Gasteiger partial charge in [-0.2, -0.15) is 0 Å². The summed E-state index contributed by atoms with van der Waals surface area (Å²) in [6.45, 7) is 19.9. The number of carbonyl (C=O) groups excluding carboxylic acids is 12. The molecule has 0 saturated carbocycles. The molecule has 0 aromatic carbocycles. The van der Waals surface area contributed by atoms with Gasteiger partial charge in [0.25, 0.3) is 0 Å². The molecule has 0 bridgehead atoms. The number of nitrogens with zero attached hydrogens (tertiary/aromatic N) is 1. The fourth-order valence-electron chi connectivity index (χ4n) is 8.62. The summed E-state index contributed by atoms with van der Waals surface area (Å²) >= 11 is 0. The summed E-state index contributed by atoms with van der Waals surface area (Å²) in [6, 6.07) is -13.3. The summed E-state index contributed by atoms with van der Waals surface area (Å²) in [6.07, 6.45) is -0.492. The Balaban J connectivity index is 6.75. The number of carboxylic acids is 1. The standard InChI is InChI=1S/C56H103N17O14/c1-27(2)22-36(49(80)68-35(18-19-40(58)74)48(79)73-45(32(11)12)55(86)87)65-42(76)26-64-54(85)44(31(9)10)72-47(78)33(16-13-14-20-57)66-50(81)37(23-28(3)4)69-46(77)34(17-15-21-63-56(61)62)67-52(83)39(25-41(59)75)70-51(82)38(24-29(5)6)71-53(84)43(60)30(7)8/h27-39,43-45H,13-26,57,60H2,1-12H3,(H2,58,74)(H2,59,75)(H,64,85)(H,65,76)(H,66,81)(H,67,83)(H,68,80)(H,69,77)(H,70,82)(H,71,84)(H,72,78)(H,73,79)(H,86,87)(H4,61,62,63)/t33-,34-,35-,36-,37-,38-,39-,43-,44-,45-/m0/s1. The maximum atomic E-state index is 14.4. The van der Waals surface area contributed by atoms with Gasteiger partial charge in [-0.3, -0.25) is 62.5 Å². The Morgan fingerprint density at radius 2 is 0.793 bits per heavy atom. The monoisotopic (exact) mass is 1240 g/mol. The van der Waals surface area contributed by atoms with E-state index in [0.29, 0.717) is 12.8 Å². The molecule has 0 aromatic rings. The largest absolute Gasteiger partial charge is 0.480 e. The molecule has 0 aromatic heterocycles. The highest BCUT2D eigenvalue weighted by molar-refractivity contribution is 5.99. The van der Waals surface area contributed by atoms with Crippen molar-refractivity contribution in [1.82, 2.24) is 53.2 Å². The minimum absolute atomic E-state index is 0.00236. The molecule has 31 heteroatoms. The minimum atomic E-state index is -1.65. The van der Waals surface area contributed by atoms with Crippen molar-refractivity contribution in [3.8, 4) is 0 Å². The maximum Gasteiger partial charge on any atom is 0.326 e. The van der Waals surface area contributed by atoms with Gasteiger partial charge in [-0.25, -0.2) is 4.79 Å². The number of carbonyl (C=O) groups is 13. The fraction of sp³-hybridized carbons (Fsp3) is 0.750. The molecule has 0 fully saturated rings. The summed E-state index contributed by atoms with van der Waals surface area (Å²) in [5.41, 5.74) is 33.7. The molecule has 0 spiro atoms. The summed E-state index contributed by atoms with van der Waals surface area (Å²) < 4.78 is 0. The highest BCUT2D eigenvalue weighted by Crippen LogP contribution is 2.14. The number of carboxylic acid groups (broad SMARTS) is 1. The van der Waals surface area contributed by atoms with E-state index >= 15 is 0 Å². The minimum Gasteiger partial charge on any atom is -0.480 e. The quantitative estimate of drug-likeness (QED) is 0.0159. The molecular formula is C56H103N17O14. The first kappa shape index (κ1) is 79.3. The molecule has 0 heterocycles. The Labute approximate surface area is 510 Å². The van der Waals surface area contributed by atoms with Crippen LogP contribution in [-0.4, -0.2) is 168 Å². The van der Waals surface area contributed by atoms with Crippen molar-refractivity contribution in [2.45, 2.75) is 214 Å². The van der Waals surface area contributed by atoms with Crippen LogP contribution in [0.4, 0.5) is 0 Å². The maximum absolute atomic E-state index is 14.4. The predicted octanol–water partition coefficient (Wildman–Crippen LogP) is -3.69. The topological polar surface area (TPSA) is 531 Å². The molecule has 0 saturated heterocycles. The molecule has 0 aliphatic carbocycles. The van der Waals surface area contributed by atoms with Gasteiger partial charge < -0.3 is 92.7 Å². The van der Waals surface area contributed by atoms with Gasteiger partial charge in [0.15, 0.2) is 5.96 Å². The van der Waals surface area contributed by atoms with E-state index in [9.17, 15) is 67.4 Å². The normalized spacial score (nSPS) is 14.8. The van der Waals surface area contributed by atoms with Crippen LogP contribution in [0.3, 0.4) is 0 Å². The number of primary amides is 2. The number of amides is 12. The zero-order valence-electron chi connectivity index (χ0n) is 52.8. The van der Waals surface area contributed by atoms with E-state index in [2.05, 4.69) is 58.2 Å². The third kappa shape index (κ3) is 32.6. The zero-order chi connectivity index (χ0) is 67.0. The molecule has 87 heavy (non-hydrogen) atoms. The molecule has 10 atom stereocenters. The first-order valence-electron chi connectivity index (χ1n) is 29.7. The SMILES string of the molecule is CC(C)C[C@H](NC(=O)CNC(=O)[C@@H](NC(=O)[C@H](CCCCN)NC(=O)[C@H](CC(C)C)NC(=O)[C@H](CCCN=C(N)N)NC(=O)[C@H](CC(N)=O)NC(=O)[C@H](CC(C)C)NC(=O)[C@@H](N)C(C)C)C(C)C)C(=O)N[C@@H](CCC(N)=O)C(=O)N[C@H](C(=O)O)C(C)C. The van der Waals surface area contributed by atoms with Crippen molar-refractivity contribution in [3.63, 3.8) is 0 Å². The molecule has 0 aliphatic rings. The van der Waals surface area contributed by atoms with Gasteiger partial charge in [0, 0.05) is 13.0 Å². The highest BCUT2D eigenvalue weighted by atomic mass is 16.4. The number of hydrogen-bond donors (Lipinski definition) is 17. The Morgan fingerprint density at radius 3 is 1.20 bits per heavy atom. The molecule has 31 nitrogen and oxygen atoms in total. The van der Waals surface area contributed by atoms with Crippen LogP contribution in [0.25, 0.3) is 0 Å². The van der Waals surface area contributed by atoms with Crippen molar-refractivity contribution < 1.29 is 67.4 Å². The summed E-state index contributed by atoms with van der Waals surface area (Å²) in [4.78, 5) is 178. The second-order valence-corrected chi connectivity index (χ2v) is 24.1. The van der Waals surface area contributed by atoms with Crippen LogP contribution in [0.5, 0.6) is 0 Å². The second-order valence-electron chi connectivity index (χ2n) is 24.1. The van der Waals surface area contributed by atoms with Crippen molar-refractivity contribution in [3.05, 3.63) is 0 Å². The Hall–Kier alpha value is -7.70. The molecule has 0 unspecified atom stereocenters. The number of nitrogens with two attached hydrogens (primary N) is 6. The average molecular weight is 1240 g/mol. The molecule has 0 radical (unpaired) electrons. The van der Waals surface area contributed by atoms with Gasteiger partial charge in [0.2, 0.25) is 70.9 Å². The summed E-state index contributed by atoms with van der Waals surface area (Å²) in [7, 11) is 0. The van der Waals surface area contributed by atoms with Crippen LogP contribution in [0.1, 0.15) is 154 Å². The summed E-state index contributed by atoms with van der Waals surface area (Å²) in [5.74, 6) is -13.8. The lowest BCUT2D eigenvalue weighted by Gasteiger charge is -2.29. The Kier molecular flexibility index (Phi) is 37.0. The van der Waals surface area contributed by atoms with E-state index in [1.54, 1.807) is 83.1 Å². The van der Waals surface area contributed by atoms with Gasteiger partial charge in [-0.05, 0) is 99.8 Å². The van der Waals surface area contributed by atoms with Gasteiger partial charge in [0.1, 0.15) is 54.4 Å². The Bertz CT molecular complexity index is 2350. The smallest absolute Gasteiger partial charge is 0.326 e. The van der Waals surface area contributed by atoms with E-state index in [1.165, 1.54) is 0 Å². The first-order chi connectivity index (χ1) is 40.4. The number of aliphatic imine (C=N–C) groups is 1. The highest BCUT2D eigenvalue weighted by Gasteiger charge is 2.37. The molecule has 23 N–H and O–H groups in total. The number of hydrogen-bond acceptors (Lipinski definition) is 16. The van der Waals surface area contributed by atoms with Crippen molar-refractivity contribution in [2.75, 3.05) is 19.6 Å². The average Bonchev–Trinajstić information content (AvgIpc) is 2.59. The molecular weight excluding hydrogens is 1130 g/mol. The van der Waals surface area contributed by atoms with E-state index in [-0.39, 0.29) is 94.1 Å². The second kappa shape index (κ2) is 40.6. The van der Waals surface area contributed by atoms with Crippen molar-refractivity contribution >= 4 is 82.8 Å². The predicted molar refractivity (Wildman–Crippen MR) is 324 cm³/mol. The molecule has 0 rings (SSSR count). The van der Waals surface area contributed by atoms with E-state index in [4.69, 9.17) is 34.4 Å². The third-order valence-corrected chi connectivity index (χ3v) is 13.5. The zero-order valence-corrected chi connectivity index (χ0v) is 52.8. The van der Waals surface area contributed by atoms with E-state index in [1.807, 2.05) is 0 Å². The number of guanidine groups is 1. The Morgan fingerprint density at radius 1 is 0.414 bits per heavy atom. The van der Waals surface area contributed by atoms with Crippen molar-refractivity contribution in [1.29, 1.82) is 0 Å². The number of unbranched alkanes of at least 4 members (excludes halogenated alkanes) is 1. The van der Waals surface area contributed by atoms with Crippen LogP contribution in [0.15, 0.2) is 4.99 Å². The van der Waals surface area contributed by atoms with E-state index in [0.717, 1.165) is 0 Å². The van der Waals surface area contributed by atoms with Crippen LogP contribution in [0.2, 0.25) is 0 Å². The molecule has 496 valence electrons. The molecule has 0 aliphatic heterocycles.